The fourth-order valence-electron chi connectivity index (χ4n) is 2.83. The minimum absolute atomic E-state index is 0.179. The van der Waals surface area contributed by atoms with Gasteiger partial charge in [0.2, 0.25) is 4.96 Å². The average Bonchev–Trinajstić information content (AvgIpc) is 3.04. The molecule has 150 valence electrons. The van der Waals surface area contributed by atoms with Crippen LogP contribution in [0.3, 0.4) is 0 Å². The number of hydrogen-bond donors (Lipinski definition) is 0. The number of rotatable bonds is 4. The van der Waals surface area contributed by atoms with Crippen LogP contribution in [0.4, 0.5) is 0 Å². The second-order valence-electron chi connectivity index (χ2n) is 6.39. The van der Waals surface area contributed by atoms with Gasteiger partial charge in [-0.15, -0.1) is 0 Å². The molecule has 4 rings (SSSR count). The fraction of sp³-hybridized carbons (Fsp3) is 0.0952. The van der Waals surface area contributed by atoms with Crippen LogP contribution in [0.25, 0.3) is 11.0 Å². The van der Waals surface area contributed by atoms with Crippen molar-refractivity contribution in [3.63, 3.8) is 0 Å². The SMILES string of the molecule is COC(=O)c1ccc(C=c2sc3nc(=O)c(Cc4ccc(Cl)cc4)nn3c2=O)cc1. The summed E-state index contributed by atoms with van der Waals surface area (Å²) in [6, 6.07) is 13.7. The molecule has 2 aromatic heterocycles. The van der Waals surface area contributed by atoms with E-state index in [1.165, 1.54) is 7.11 Å². The van der Waals surface area contributed by atoms with Crippen molar-refractivity contribution in [1.29, 1.82) is 0 Å². The number of halogens is 1. The van der Waals surface area contributed by atoms with E-state index in [-0.39, 0.29) is 22.6 Å². The number of esters is 1. The first-order chi connectivity index (χ1) is 14.4. The number of carbonyl (C=O) groups excluding carboxylic acids is 1. The van der Waals surface area contributed by atoms with Crippen molar-refractivity contribution in [2.75, 3.05) is 7.11 Å². The number of hydrogen-bond acceptors (Lipinski definition) is 7. The Morgan fingerprint density at radius 1 is 1.13 bits per heavy atom. The van der Waals surface area contributed by atoms with Gasteiger partial charge in [-0.05, 0) is 41.5 Å². The first-order valence-corrected chi connectivity index (χ1v) is 10.0. The molecular formula is C21H14ClN3O4S. The lowest BCUT2D eigenvalue weighted by molar-refractivity contribution is 0.0600. The largest absolute Gasteiger partial charge is 0.465 e. The molecule has 9 heteroatoms. The van der Waals surface area contributed by atoms with Gasteiger partial charge in [0.1, 0.15) is 5.69 Å². The second kappa shape index (κ2) is 8.17. The summed E-state index contributed by atoms with van der Waals surface area (Å²) in [5.74, 6) is -0.437. The molecule has 0 unspecified atom stereocenters. The van der Waals surface area contributed by atoms with E-state index < -0.39 is 11.5 Å². The van der Waals surface area contributed by atoms with Crippen LogP contribution in [0.2, 0.25) is 5.02 Å². The Labute approximate surface area is 178 Å². The lowest BCUT2D eigenvalue weighted by atomic mass is 10.1. The monoisotopic (exact) mass is 439 g/mol. The molecule has 2 heterocycles. The first kappa shape index (κ1) is 19.9. The molecule has 0 spiro atoms. The van der Waals surface area contributed by atoms with Crippen LogP contribution in [0, 0.1) is 0 Å². The summed E-state index contributed by atoms with van der Waals surface area (Å²) >= 11 is 6.96. The van der Waals surface area contributed by atoms with Crippen LogP contribution in [0.1, 0.15) is 27.2 Å². The van der Waals surface area contributed by atoms with Gasteiger partial charge < -0.3 is 4.74 Å². The average molecular weight is 440 g/mol. The molecule has 0 saturated heterocycles. The molecule has 0 bridgehead atoms. The summed E-state index contributed by atoms with van der Waals surface area (Å²) in [4.78, 5) is 40.9. The molecular weight excluding hydrogens is 426 g/mol. The van der Waals surface area contributed by atoms with Crippen LogP contribution in [-0.4, -0.2) is 27.7 Å². The van der Waals surface area contributed by atoms with Gasteiger partial charge in [-0.25, -0.2) is 4.79 Å². The molecule has 4 aromatic rings. The maximum Gasteiger partial charge on any atom is 0.337 e. The van der Waals surface area contributed by atoms with Gasteiger partial charge in [0.05, 0.1) is 17.2 Å². The highest BCUT2D eigenvalue weighted by Crippen LogP contribution is 2.11. The van der Waals surface area contributed by atoms with Crippen molar-refractivity contribution in [2.24, 2.45) is 0 Å². The first-order valence-electron chi connectivity index (χ1n) is 8.82. The lowest BCUT2D eigenvalue weighted by Gasteiger charge is -2.00. The predicted molar refractivity (Wildman–Crippen MR) is 114 cm³/mol. The normalized spacial score (nSPS) is 11.7. The number of ether oxygens (including phenoxy) is 1. The standard InChI is InChI=1S/C21H14ClN3O4S/c1-29-20(28)14-6-2-13(3-7-14)11-17-19(27)25-21(30-17)23-18(26)16(24-25)10-12-4-8-15(22)9-5-12/h2-9,11H,10H2,1H3. The molecule has 0 fully saturated rings. The molecule has 0 radical (unpaired) electrons. The van der Waals surface area contributed by atoms with Crippen molar-refractivity contribution in [1.82, 2.24) is 14.6 Å². The molecule has 0 amide bonds. The summed E-state index contributed by atoms with van der Waals surface area (Å²) in [7, 11) is 1.31. The van der Waals surface area contributed by atoms with Crippen LogP contribution in [-0.2, 0) is 11.2 Å². The quantitative estimate of drug-likeness (QED) is 0.452. The van der Waals surface area contributed by atoms with E-state index in [1.54, 1.807) is 54.6 Å². The van der Waals surface area contributed by atoms with E-state index in [0.717, 1.165) is 27.0 Å². The zero-order valence-electron chi connectivity index (χ0n) is 15.7. The van der Waals surface area contributed by atoms with Crippen LogP contribution >= 0.6 is 22.9 Å². The Kier molecular flexibility index (Phi) is 5.43. The van der Waals surface area contributed by atoms with Crippen molar-refractivity contribution in [3.8, 4) is 0 Å². The van der Waals surface area contributed by atoms with Gasteiger partial charge in [0.15, 0.2) is 0 Å². The van der Waals surface area contributed by atoms with Crippen LogP contribution in [0.15, 0.2) is 58.1 Å². The summed E-state index contributed by atoms with van der Waals surface area (Å²) < 4.78 is 6.19. The van der Waals surface area contributed by atoms with E-state index >= 15 is 0 Å². The Bertz CT molecular complexity index is 1410. The van der Waals surface area contributed by atoms with Crippen LogP contribution < -0.4 is 15.7 Å². The topological polar surface area (TPSA) is 90.6 Å². The lowest BCUT2D eigenvalue weighted by Crippen LogP contribution is -2.28. The summed E-state index contributed by atoms with van der Waals surface area (Å²) in [6.45, 7) is 0. The minimum atomic E-state index is -0.472. The third-order valence-corrected chi connectivity index (χ3v) is 5.58. The van der Waals surface area contributed by atoms with Gasteiger partial charge in [-0.2, -0.15) is 14.6 Å². The smallest absolute Gasteiger partial charge is 0.337 e. The van der Waals surface area contributed by atoms with Gasteiger partial charge in [0, 0.05) is 11.4 Å². The maximum absolute atomic E-state index is 12.8. The van der Waals surface area contributed by atoms with E-state index in [4.69, 9.17) is 11.6 Å². The molecule has 0 aliphatic rings. The second-order valence-corrected chi connectivity index (χ2v) is 7.84. The van der Waals surface area contributed by atoms with Crippen molar-refractivity contribution in [3.05, 3.63) is 101 Å². The number of carbonyl (C=O) groups is 1. The number of methoxy groups -OCH3 is 1. The van der Waals surface area contributed by atoms with Gasteiger partial charge in [-0.3, -0.25) is 9.59 Å². The number of fused-ring (bicyclic) bond motifs is 1. The molecule has 0 aliphatic carbocycles. The molecule has 0 N–H and O–H groups in total. The zero-order chi connectivity index (χ0) is 21.3. The number of benzene rings is 2. The molecule has 7 nitrogen and oxygen atoms in total. The Morgan fingerprint density at radius 3 is 2.50 bits per heavy atom. The number of nitrogens with zero attached hydrogens (tertiary/aromatic N) is 3. The van der Waals surface area contributed by atoms with Crippen molar-refractivity contribution >= 4 is 39.9 Å². The number of thiazole rings is 1. The Hall–Kier alpha value is -3.36. The minimum Gasteiger partial charge on any atom is -0.465 e. The summed E-state index contributed by atoms with van der Waals surface area (Å²) in [5.41, 5.74) is 1.31. The van der Waals surface area contributed by atoms with E-state index in [9.17, 15) is 14.4 Å². The van der Waals surface area contributed by atoms with E-state index in [2.05, 4.69) is 14.8 Å². The highest BCUT2D eigenvalue weighted by atomic mass is 35.5. The Morgan fingerprint density at radius 2 is 1.83 bits per heavy atom. The summed E-state index contributed by atoms with van der Waals surface area (Å²) in [6.07, 6.45) is 1.91. The molecule has 30 heavy (non-hydrogen) atoms. The highest BCUT2D eigenvalue weighted by Gasteiger charge is 2.12. The maximum atomic E-state index is 12.8. The highest BCUT2D eigenvalue weighted by molar-refractivity contribution is 7.15. The van der Waals surface area contributed by atoms with Crippen molar-refractivity contribution < 1.29 is 9.53 Å². The summed E-state index contributed by atoms with van der Waals surface area (Å²) in [5, 5.41) is 4.82. The number of aromatic nitrogens is 3. The van der Waals surface area contributed by atoms with E-state index in [0.29, 0.717) is 15.1 Å². The Balaban J connectivity index is 1.72. The van der Waals surface area contributed by atoms with E-state index in [1.807, 2.05) is 0 Å². The zero-order valence-corrected chi connectivity index (χ0v) is 17.2. The van der Waals surface area contributed by atoms with Crippen molar-refractivity contribution in [2.45, 2.75) is 6.42 Å². The molecule has 0 saturated carbocycles. The van der Waals surface area contributed by atoms with Gasteiger partial charge >= 0.3 is 5.97 Å². The van der Waals surface area contributed by atoms with Gasteiger partial charge in [0.25, 0.3) is 11.1 Å². The third kappa shape index (κ3) is 4.00. The van der Waals surface area contributed by atoms with Gasteiger partial charge in [-0.1, -0.05) is 47.2 Å². The molecule has 0 atom stereocenters. The fourth-order valence-corrected chi connectivity index (χ4v) is 3.86. The molecule has 2 aromatic carbocycles. The third-order valence-electron chi connectivity index (χ3n) is 4.36. The predicted octanol–water partition coefficient (Wildman–Crippen LogP) is 2.09. The van der Waals surface area contributed by atoms with Crippen LogP contribution in [0.5, 0.6) is 0 Å². The molecule has 0 aliphatic heterocycles.